The van der Waals surface area contributed by atoms with Crippen LogP contribution in [0.3, 0.4) is 0 Å². The van der Waals surface area contributed by atoms with Crippen molar-refractivity contribution in [1.29, 1.82) is 0 Å². The van der Waals surface area contributed by atoms with Gasteiger partial charge in [-0.25, -0.2) is 0 Å². The first-order valence-electron chi connectivity index (χ1n) is 8.34. The third-order valence-electron chi connectivity index (χ3n) is 4.68. The Kier molecular flexibility index (Phi) is 3.84. The lowest BCUT2D eigenvalue weighted by Gasteiger charge is -2.28. The number of carbonyl (C=O) groups is 1. The molecule has 26 heavy (non-hydrogen) atoms. The molecule has 0 aliphatic carbocycles. The van der Waals surface area contributed by atoms with Crippen LogP contribution in [-0.4, -0.2) is 37.2 Å². The largest absolute Gasteiger partial charge is 0.508 e. The van der Waals surface area contributed by atoms with Crippen molar-refractivity contribution in [3.05, 3.63) is 69.8 Å². The summed E-state index contributed by atoms with van der Waals surface area (Å²) >= 11 is 0. The molecule has 3 aromatic rings. The van der Waals surface area contributed by atoms with Crippen LogP contribution in [-0.2, 0) is 20.0 Å². The summed E-state index contributed by atoms with van der Waals surface area (Å²) < 4.78 is 1.53. The summed E-state index contributed by atoms with van der Waals surface area (Å²) in [6.07, 6.45) is 2.46. The van der Waals surface area contributed by atoms with Crippen LogP contribution in [0.2, 0.25) is 0 Å². The number of rotatable bonds is 2. The molecule has 7 nitrogen and oxygen atoms in total. The summed E-state index contributed by atoms with van der Waals surface area (Å²) in [4.78, 5) is 26.3. The molecule has 4 rings (SSSR count). The van der Waals surface area contributed by atoms with Crippen LogP contribution in [0.15, 0.2) is 47.4 Å². The molecular weight excluding hydrogens is 332 g/mol. The molecule has 0 radical (unpaired) electrons. The van der Waals surface area contributed by atoms with Crippen molar-refractivity contribution in [3.63, 3.8) is 0 Å². The van der Waals surface area contributed by atoms with Gasteiger partial charge in [-0.1, -0.05) is 0 Å². The van der Waals surface area contributed by atoms with Gasteiger partial charge in [0.25, 0.3) is 11.5 Å². The number of aromatic nitrogens is 3. The minimum Gasteiger partial charge on any atom is -0.508 e. The zero-order valence-corrected chi connectivity index (χ0v) is 14.3. The maximum absolute atomic E-state index is 12.8. The van der Waals surface area contributed by atoms with Crippen LogP contribution < -0.4 is 5.56 Å². The van der Waals surface area contributed by atoms with Crippen LogP contribution in [0.1, 0.15) is 21.6 Å². The summed E-state index contributed by atoms with van der Waals surface area (Å²) in [7, 11) is 1.71. The Hall–Kier alpha value is -3.35. The standard InChI is InChI=1S/C19H18N4O3/c1-22-10-14-11-23(7-6-13(14)8-18(22)25)19(26)17-9-16(20-21-17)12-2-4-15(24)5-3-12/h2-5,8-10,24H,6-7,11H2,1H3,(H,20,21). The number of phenols is 1. The number of carbonyl (C=O) groups excluding carboxylic acids is 1. The first kappa shape index (κ1) is 16.1. The summed E-state index contributed by atoms with van der Waals surface area (Å²) in [5.41, 5.74) is 3.85. The molecule has 0 saturated carbocycles. The quantitative estimate of drug-likeness (QED) is 0.736. The summed E-state index contributed by atoms with van der Waals surface area (Å²) in [6, 6.07) is 10.0. The van der Waals surface area contributed by atoms with Crippen molar-refractivity contribution < 1.29 is 9.90 Å². The number of nitrogens with zero attached hydrogens (tertiary/aromatic N) is 3. The van der Waals surface area contributed by atoms with Gasteiger partial charge in [-0.15, -0.1) is 0 Å². The lowest BCUT2D eigenvalue weighted by molar-refractivity contribution is 0.0728. The Morgan fingerprint density at radius 3 is 2.73 bits per heavy atom. The Morgan fingerprint density at radius 1 is 1.19 bits per heavy atom. The molecule has 0 fully saturated rings. The predicted octanol–water partition coefficient (Wildman–Crippen LogP) is 1.68. The van der Waals surface area contributed by atoms with Crippen molar-refractivity contribution in [2.24, 2.45) is 7.05 Å². The van der Waals surface area contributed by atoms with Gasteiger partial charge < -0.3 is 14.6 Å². The van der Waals surface area contributed by atoms with E-state index in [-0.39, 0.29) is 17.2 Å². The van der Waals surface area contributed by atoms with E-state index in [0.717, 1.165) is 16.7 Å². The minimum absolute atomic E-state index is 0.0318. The number of phenolic OH excluding ortho intramolecular Hbond substituents is 1. The third-order valence-corrected chi connectivity index (χ3v) is 4.68. The summed E-state index contributed by atoms with van der Waals surface area (Å²) in [5, 5.41) is 16.4. The molecule has 0 bridgehead atoms. The van der Waals surface area contributed by atoms with Gasteiger partial charge in [-0.05, 0) is 47.9 Å². The fourth-order valence-corrected chi connectivity index (χ4v) is 3.19. The van der Waals surface area contributed by atoms with Crippen molar-refractivity contribution >= 4 is 5.91 Å². The highest BCUT2D eigenvalue weighted by Crippen LogP contribution is 2.23. The van der Waals surface area contributed by atoms with Crippen molar-refractivity contribution in [3.8, 4) is 17.0 Å². The van der Waals surface area contributed by atoms with Crippen LogP contribution in [0, 0.1) is 0 Å². The molecular formula is C19H18N4O3. The zero-order valence-electron chi connectivity index (χ0n) is 14.3. The van der Waals surface area contributed by atoms with Crippen LogP contribution in [0.25, 0.3) is 11.3 Å². The lowest BCUT2D eigenvalue weighted by Crippen LogP contribution is -2.37. The van der Waals surface area contributed by atoms with Crippen LogP contribution in [0.4, 0.5) is 0 Å². The molecule has 1 aliphatic rings. The molecule has 2 N–H and O–H groups in total. The van der Waals surface area contributed by atoms with Crippen molar-refractivity contribution in [2.45, 2.75) is 13.0 Å². The number of aromatic amines is 1. The molecule has 2 aromatic heterocycles. The van der Waals surface area contributed by atoms with Gasteiger partial charge in [0, 0.05) is 38.0 Å². The molecule has 3 heterocycles. The molecule has 7 heteroatoms. The van der Waals surface area contributed by atoms with Gasteiger partial charge in [0.15, 0.2) is 0 Å². The Balaban J connectivity index is 1.56. The monoisotopic (exact) mass is 350 g/mol. The minimum atomic E-state index is -0.123. The summed E-state index contributed by atoms with van der Waals surface area (Å²) in [5.74, 6) is 0.0593. The van der Waals surface area contributed by atoms with E-state index in [1.54, 1.807) is 54.5 Å². The third kappa shape index (κ3) is 2.88. The van der Waals surface area contributed by atoms with E-state index < -0.39 is 0 Å². The number of fused-ring (bicyclic) bond motifs is 1. The van der Waals surface area contributed by atoms with Gasteiger partial charge in [-0.2, -0.15) is 5.10 Å². The van der Waals surface area contributed by atoms with Crippen LogP contribution in [0.5, 0.6) is 5.75 Å². The number of benzene rings is 1. The Bertz CT molecular complexity index is 1030. The molecule has 0 atom stereocenters. The highest BCUT2D eigenvalue weighted by Gasteiger charge is 2.24. The average Bonchev–Trinajstić information content (AvgIpc) is 3.12. The van der Waals surface area contributed by atoms with Gasteiger partial charge in [0.1, 0.15) is 11.4 Å². The fraction of sp³-hybridized carbons (Fsp3) is 0.211. The smallest absolute Gasteiger partial charge is 0.272 e. The highest BCUT2D eigenvalue weighted by molar-refractivity contribution is 5.93. The normalized spacial score (nSPS) is 13.5. The molecule has 1 amide bonds. The second kappa shape index (κ2) is 6.18. The number of hydrogen-bond acceptors (Lipinski definition) is 4. The number of aromatic hydroxyl groups is 1. The van der Waals surface area contributed by atoms with Crippen molar-refractivity contribution in [1.82, 2.24) is 19.7 Å². The van der Waals surface area contributed by atoms with E-state index in [9.17, 15) is 14.7 Å². The molecule has 1 aliphatic heterocycles. The predicted molar refractivity (Wildman–Crippen MR) is 95.8 cm³/mol. The van der Waals surface area contributed by atoms with E-state index in [2.05, 4.69) is 10.2 Å². The Morgan fingerprint density at radius 2 is 1.96 bits per heavy atom. The Labute approximate surface area is 149 Å². The SMILES string of the molecule is Cn1cc2c(cc1=O)CCN(C(=O)c1cc(-c3ccc(O)cc3)n[nH]1)C2. The highest BCUT2D eigenvalue weighted by atomic mass is 16.3. The second-order valence-corrected chi connectivity index (χ2v) is 6.46. The van der Waals surface area contributed by atoms with Gasteiger partial charge in [-0.3, -0.25) is 14.7 Å². The van der Waals surface area contributed by atoms with Gasteiger partial charge in [0.2, 0.25) is 0 Å². The lowest BCUT2D eigenvalue weighted by atomic mass is 10.0. The van der Waals surface area contributed by atoms with E-state index >= 15 is 0 Å². The van der Waals surface area contributed by atoms with E-state index in [1.165, 1.54) is 4.57 Å². The van der Waals surface area contributed by atoms with Crippen molar-refractivity contribution in [2.75, 3.05) is 6.54 Å². The number of H-pyrrole nitrogens is 1. The molecule has 0 unspecified atom stereocenters. The number of aryl methyl sites for hydroxylation is 1. The fourth-order valence-electron chi connectivity index (χ4n) is 3.19. The molecule has 0 spiro atoms. The number of hydrogen-bond donors (Lipinski definition) is 2. The van der Waals surface area contributed by atoms with Crippen LogP contribution >= 0.6 is 0 Å². The molecule has 132 valence electrons. The zero-order chi connectivity index (χ0) is 18.3. The first-order chi connectivity index (χ1) is 12.5. The maximum atomic E-state index is 12.8. The second-order valence-electron chi connectivity index (χ2n) is 6.46. The van der Waals surface area contributed by atoms with E-state index in [4.69, 9.17) is 0 Å². The maximum Gasteiger partial charge on any atom is 0.272 e. The van der Waals surface area contributed by atoms with Gasteiger partial charge in [0.05, 0.1) is 5.69 Å². The van der Waals surface area contributed by atoms with E-state index in [1.807, 2.05) is 0 Å². The van der Waals surface area contributed by atoms with E-state index in [0.29, 0.717) is 30.9 Å². The average molecular weight is 350 g/mol. The number of pyridine rings is 1. The first-order valence-corrected chi connectivity index (χ1v) is 8.34. The summed E-state index contributed by atoms with van der Waals surface area (Å²) in [6.45, 7) is 1.03. The topological polar surface area (TPSA) is 91.2 Å². The molecule has 1 aromatic carbocycles. The number of amides is 1. The molecule has 0 saturated heterocycles. The number of nitrogens with one attached hydrogen (secondary N) is 1. The van der Waals surface area contributed by atoms with Gasteiger partial charge >= 0.3 is 0 Å².